The van der Waals surface area contributed by atoms with E-state index in [1.165, 1.54) is 38.5 Å². The lowest BCUT2D eigenvalue weighted by Crippen LogP contribution is -2.32. The Morgan fingerprint density at radius 2 is 1.47 bits per heavy atom. The van der Waals surface area contributed by atoms with Gasteiger partial charge in [0.25, 0.3) is 0 Å². The van der Waals surface area contributed by atoms with Crippen LogP contribution in [-0.4, -0.2) is 5.78 Å². The molecule has 0 aromatic heterocycles. The van der Waals surface area contributed by atoms with Gasteiger partial charge in [0.2, 0.25) is 0 Å². The molecule has 0 radical (unpaired) electrons. The summed E-state index contributed by atoms with van der Waals surface area (Å²) in [6.45, 7) is 4.57. The van der Waals surface area contributed by atoms with Crippen molar-refractivity contribution in [1.29, 1.82) is 0 Å². The number of Topliss-reactive ketones (excluding diaryl/α,β-unsaturated/α-hetero) is 1. The third-order valence-electron chi connectivity index (χ3n) is 4.56. The van der Waals surface area contributed by atoms with Crippen molar-refractivity contribution in [3.63, 3.8) is 0 Å². The molecule has 0 N–H and O–H groups in total. The van der Waals surface area contributed by atoms with Gasteiger partial charge in [-0.3, -0.25) is 4.79 Å². The number of hydrogen-bond acceptors (Lipinski definition) is 1. The van der Waals surface area contributed by atoms with Crippen LogP contribution in [0.4, 0.5) is 0 Å². The third kappa shape index (κ3) is 2.62. The minimum Gasteiger partial charge on any atom is -0.299 e. The molecule has 0 aromatic carbocycles. The Labute approximate surface area is 93.6 Å². The lowest BCUT2D eigenvalue weighted by atomic mass is 9.69. The van der Waals surface area contributed by atoms with Crippen molar-refractivity contribution in [2.24, 2.45) is 23.7 Å². The summed E-state index contributed by atoms with van der Waals surface area (Å²) in [5.74, 6) is 3.30. The maximum absolute atomic E-state index is 12.0. The summed E-state index contributed by atoms with van der Waals surface area (Å²) in [5, 5.41) is 0. The molecule has 0 bridgehead atoms. The minimum absolute atomic E-state index is 0.439. The zero-order valence-corrected chi connectivity index (χ0v) is 10.2. The van der Waals surface area contributed by atoms with Gasteiger partial charge in [0.05, 0.1) is 0 Å². The van der Waals surface area contributed by atoms with Gasteiger partial charge in [-0.1, -0.05) is 26.7 Å². The number of carbonyl (C=O) groups is 1. The van der Waals surface area contributed by atoms with Gasteiger partial charge < -0.3 is 0 Å². The van der Waals surface area contributed by atoms with Crippen molar-refractivity contribution in [1.82, 2.24) is 0 Å². The lowest BCUT2D eigenvalue weighted by Gasteiger charge is -2.35. The van der Waals surface area contributed by atoms with E-state index in [2.05, 4.69) is 13.8 Å². The Morgan fingerprint density at radius 3 is 2.07 bits per heavy atom. The third-order valence-corrected chi connectivity index (χ3v) is 4.56. The molecule has 0 aliphatic heterocycles. The molecule has 0 heterocycles. The van der Waals surface area contributed by atoms with Gasteiger partial charge in [-0.05, 0) is 43.4 Å². The van der Waals surface area contributed by atoms with Crippen molar-refractivity contribution in [2.75, 3.05) is 0 Å². The van der Waals surface area contributed by atoms with E-state index in [0.717, 1.165) is 18.3 Å². The highest BCUT2D eigenvalue weighted by Gasteiger charge is 2.34. The summed E-state index contributed by atoms with van der Waals surface area (Å²) in [6, 6.07) is 0. The van der Waals surface area contributed by atoms with Crippen molar-refractivity contribution in [2.45, 2.75) is 58.8 Å². The van der Waals surface area contributed by atoms with Crippen LogP contribution in [0, 0.1) is 23.7 Å². The van der Waals surface area contributed by atoms with E-state index in [4.69, 9.17) is 0 Å². The van der Waals surface area contributed by atoms with Gasteiger partial charge >= 0.3 is 0 Å². The van der Waals surface area contributed by atoms with Crippen LogP contribution in [0.3, 0.4) is 0 Å². The standard InChI is InChI=1S/C14H24O/c1-10-3-6-12(7-4-10)13-8-5-11(2)9-14(13)15/h10-13H,3-9H2,1-2H3. The van der Waals surface area contributed by atoms with Gasteiger partial charge in [-0.15, -0.1) is 0 Å². The van der Waals surface area contributed by atoms with E-state index < -0.39 is 0 Å². The molecule has 15 heavy (non-hydrogen) atoms. The fourth-order valence-electron chi connectivity index (χ4n) is 3.41. The van der Waals surface area contributed by atoms with E-state index in [1.54, 1.807) is 0 Å². The first-order chi connectivity index (χ1) is 7.16. The fraction of sp³-hybridized carbons (Fsp3) is 0.929. The summed E-state index contributed by atoms with van der Waals surface area (Å²) < 4.78 is 0. The van der Waals surface area contributed by atoms with Crippen LogP contribution in [0.2, 0.25) is 0 Å². The number of carbonyl (C=O) groups excluding carboxylic acids is 1. The molecule has 2 fully saturated rings. The molecular formula is C14H24O. The first kappa shape index (κ1) is 11.2. The molecule has 2 unspecified atom stereocenters. The average molecular weight is 208 g/mol. The molecule has 86 valence electrons. The quantitative estimate of drug-likeness (QED) is 0.640. The van der Waals surface area contributed by atoms with E-state index in [0.29, 0.717) is 17.6 Å². The lowest BCUT2D eigenvalue weighted by molar-refractivity contribution is -0.128. The molecule has 0 aromatic rings. The molecule has 1 nitrogen and oxygen atoms in total. The van der Waals surface area contributed by atoms with Crippen molar-refractivity contribution in [3.05, 3.63) is 0 Å². The second-order valence-corrected chi connectivity index (χ2v) is 5.98. The van der Waals surface area contributed by atoms with E-state index in [-0.39, 0.29) is 0 Å². The Hall–Kier alpha value is -0.330. The van der Waals surface area contributed by atoms with E-state index in [1.807, 2.05) is 0 Å². The van der Waals surface area contributed by atoms with Gasteiger partial charge in [0, 0.05) is 12.3 Å². The predicted octanol–water partition coefficient (Wildman–Crippen LogP) is 3.82. The van der Waals surface area contributed by atoms with Crippen LogP contribution in [-0.2, 0) is 4.79 Å². The maximum Gasteiger partial charge on any atom is 0.136 e. The molecule has 1 heteroatoms. The van der Waals surface area contributed by atoms with Crippen molar-refractivity contribution in [3.8, 4) is 0 Å². The Morgan fingerprint density at radius 1 is 0.867 bits per heavy atom. The second kappa shape index (κ2) is 4.67. The summed E-state index contributed by atoms with van der Waals surface area (Å²) >= 11 is 0. The van der Waals surface area contributed by atoms with Crippen LogP contribution in [0.25, 0.3) is 0 Å². The van der Waals surface area contributed by atoms with Crippen LogP contribution in [0.15, 0.2) is 0 Å². The molecule has 2 rings (SSSR count). The first-order valence-electron chi connectivity index (χ1n) is 6.69. The van der Waals surface area contributed by atoms with Crippen LogP contribution in [0.1, 0.15) is 58.8 Å². The Bertz CT molecular complexity index is 225. The van der Waals surface area contributed by atoms with Crippen molar-refractivity contribution >= 4 is 5.78 Å². The molecule has 2 aliphatic carbocycles. The van der Waals surface area contributed by atoms with E-state index in [9.17, 15) is 4.79 Å². The molecule has 2 atom stereocenters. The fourth-order valence-corrected chi connectivity index (χ4v) is 3.41. The second-order valence-electron chi connectivity index (χ2n) is 5.98. The van der Waals surface area contributed by atoms with E-state index >= 15 is 0 Å². The Kier molecular flexibility index (Phi) is 3.48. The van der Waals surface area contributed by atoms with Crippen LogP contribution in [0.5, 0.6) is 0 Å². The van der Waals surface area contributed by atoms with Gasteiger partial charge in [-0.2, -0.15) is 0 Å². The van der Waals surface area contributed by atoms with Crippen LogP contribution >= 0.6 is 0 Å². The summed E-state index contributed by atoms with van der Waals surface area (Å²) in [6.07, 6.45) is 8.64. The average Bonchev–Trinajstić information content (AvgIpc) is 2.20. The zero-order valence-electron chi connectivity index (χ0n) is 10.2. The summed E-state index contributed by atoms with van der Waals surface area (Å²) in [5.41, 5.74) is 0. The highest BCUT2D eigenvalue weighted by atomic mass is 16.1. The van der Waals surface area contributed by atoms with Crippen molar-refractivity contribution < 1.29 is 4.79 Å². The topological polar surface area (TPSA) is 17.1 Å². The normalized spacial score (nSPS) is 42.9. The number of ketones is 1. The highest BCUT2D eigenvalue weighted by molar-refractivity contribution is 5.82. The molecule has 2 saturated carbocycles. The monoisotopic (exact) mass is 208 g/mol. The summed E-state index contributed by atoms with van der Waals surface area (Å²) in [4.78, 5) is 12.0. The number of rotatable bonds is 1. The van der Waals surface area contributed by atoms with Gasteiger partial charge in [0.15, 0.2) is 0 Å². The summed E-state index contributed by atoms with van der Waals surface area (Å²) in [7, 11) is 0. The smallest absolute Gasteiger partial charge is 0.136 e. The SMILES string of the molecule is CC1CCC(C2CCC(C)CC2=O)CC1. The van der Waals surface area contributed by atoms with Gasteiger partial charge in [-0.25, -0.2) is 0 Å². The maximum atomic E-state index is 12.0. The first-order valence-corrected chi connectivity index (χ1v) is 6.69. The highest BCUT2D eigenvalue weighted by Crippen LogP contribution is 2.39. The Balaban J connectivity index is 1.90. The largest absolute Gasteiger partial charge is 0.299 e. The molecular weight excluding hydrogens is 184 g/mol. The minimum atomic E-state index is 0.439. The molecule has 0 spiro atoms. The molecule has 0 amide bonds. The van der Waals surface area contributed by atoms with Gasteiger partial charge in [0.1, 0.15) is 5.78 Å². The molecule has 0 saturated heterocycles. The van der Waals surface area contributed by atoms with Crippen LogP contribution < -0.4 is 0 Å². The zero-order chi connectivity index (χ0) is 10.8. The predicted molar refractivity (Wildman–Crippen MR) is 62.6 cm³/mol. The number of hydrogen-bond donors (Lipinski definition) is 0. The molecule has 2 aliphatic rings.